The van der Waals surface area contributed by atoms with Crippen LogP contribution in [0.2, 0.25) is 0 Å². The lowest BCUT2D eigenvalue weighted by Crippen LogP contribution is -2.36. The molecule has 1 unspecified atom stereocenters. The monoisotopic (exact) mass is 458 g/mol. The Balaban J connectivity index is 1.83. The van der Waals surface area contributed by atoms with Crippen molar-refractivity contribution in [3.05, 3.63) is 59.3 Å². The average Bonchev–Trinajstić information content (AvgIpc) is 3.21. The summed E-state index contributed by atoms with van der Waals surface area (Å²) < 4.78 is 75.4. The van der Waals surface area contributed by atoms with Gasteiger partial charge < -0.3 is 14.4 Å². The van der Waals surface area contributed by atoms with Crippen molar-refractivity contribution >= 4 is 11.8 Å². The molecule has 5 nitrogen and oxygen atoms in total. The van der Waals surface area contributed by atoms with E-state index in [0.717, 1.165) is 12.1 Å². The molecule has 0 saturated carbocycles. The number of benzene rings is 1. The minimum Gasteiger partial charge on any atom is -0.465 e. The molecule has 0 amide bonds. The molecule has 1 aliphatic rings. The second kappa shape index (κ2) is 9.40. The van der Waals surface area contributed by atoms with E-state index in [2.05, 4.69) is 9.72 Å². The van der Waals surface area contributed by atoms with Crippen LogP contribution in [-0.2, 0) is 15.7 Å². The van der Waals surface area contributed by atoms with Crippen LogP contribution in [-0.4, -0.2) is 43.4 Å². The summed E-state index contributed by atoms with van der Waals surface area (Å²) in [6.45, 7) is 1.38. The fraction of sp³-hybridized carbons (Fsp3) is 0.455. The Labute approximate surface area is 182 Å². The van der Waals surface area contributed by atoms with Crippen LogP contribution in [0.1, 0.15) is 47.2 Å². The fourth-order valence-electron chi connectivity index (χ4n) is 3.66. The summed E-state index contributed by atoms with van der Waals surface area (Å²) in [5.74, 6) is -0.320. The number of rotatable bonds is 7. The zero-order chi connectivity index (χ0) is 23.5. The second-order valence-corrected chi connectivity index (χ2v) is 7.56. The van der Waals surface area contributed by atoms with Crippen LogP contribution in [0.25, 0.3) is 0 Å². The van der Waals surface area contributed by atoms with E-state index in [1.54, 1.807) is 11.0 Å². The summed E-state index contributed by atoms with van der Waals surface area (Å²) in [6.07, 6.45) is -6.47. The van der Waals surface area contributed by atoms with Gasteiger partial charge in [-0.2, -0.15) is 22.0 Å². The molecule has 1 aromatic heterocycles. The van der Waals surface area contributed by atoms with Gasteiger partial charge in [-0.05, 0) is 36.2 Å². The number of hydrogen-bond acceptors (Lipinski definition) is 5. The number of methoxy groups -OCH3 is 1. The van der Waals surface area contributed by atoms with Crippen LogP contribution in [0.15, 0.2) is 42.6 Å². The molecule has 1 saturated heterocycles. The van der Waals surface area contributed by atoms with Crippen molar-refractivity contribution in [3.8, 4) is 0 Å². The van der Waals surface area contributed by atoms with Gasteiger partial charge in [0.05, 0.1) is 30.9 Å². The first-order valence-electron chi connectivity index (χ1n) is 10.0. The van der Waals surface area contributed by atoms with Crippen molar-refractivity contribution in [2.45, 2.75) is 44.0 Å². The predicted octanol–water partition coefficient (Wildman–Crippen LogP) is 5.27. The minimum absolute atomic E-state index is 0.205. The van der Waals surface area contributed by atoms with Crippen LogP contribution < -0.4 is 4.90 Å². The number of aromatic nitrogens is 1. The molecule has 2 heterocycles. The van der Waals surface area contributed by atoms with Gasteiger partial charge in [0.1, 0.15) is 5.82 Å². The summed E-state index contributed by atoms with van der Waals surface area (Å²) in [6, 6.07) is 7.45. The zero-order valence-corrected chi connectivity index (χ0v) is 17.5. The molecular formula is C22H23F5N2O3. The lowest BCUT2D eigenvalue weighted by Gasteiger charge is -2.27. The molecule has 174 valence electrons. The normalized spacial score (nSPS) is 19.3. The van der Waals surface area contributed by atoms with Crippen LogP contribution in [0.3, 0.4) is 0 Å². The molecule has 1 aromatic carbocycles. The van der Waals surface area contributed by atoms with Crippen LogP contribution in [0.5, 0.6) is 0 Å². The number of nitrogens with zero attached hydrogens (tertiary/aromatic N) is 2. The van der Waals surface area contributed by atoms with Gasteiger partial charge in [0.15, 0.2) is 0 Å². The van der Waals surface area contributed by atoms with Gasteiger partial charge in [-0.1, -0.05) is 19.1 Å². The molecule has 32 heavy (non-hydrogen) atoms. The lowest BCUT2D eigenvalue weighted by molar-refractivity contribution is -0.241. The highest BCUT2D eigenvalue weighted by molar-refractivity contribution is 5.89. The third-order valence-corrected chi connectivity index (χ3v) is 5.49. The molecule has 2 atom stereocenters. The summed E-state index contributed by atoms with van der Waals surface area (Å²) in [5.41, 5.74) is 0.151. The van der Waals surface area contributed by atoms with Crippen LogP contribution >= 0.6 is 0 Å². The average molecular weight is 458 g/mol. The highest BCUT2D eigenvalue weighted by atomic mass is 19.4. The first-order valence-corrected chi connectivity index (χ1v) is 10.0. The molecular weight excluding hydrogens is 435 g/mol. The van der Waals surface area contributed by atoms with E-state index in [1.165, 1.54) is 38.4 Å². The van der Waals surface area contributed by atoms with Gasteiger partial charge >= 0.3 is 18.3 Å². The van der Waals surface area contributed by atoms with Crippen molar-refractivity contribution in [2.24, 2.45) is 0 Å². The number of esters is 1. The quantitative estimate of drug-likeness (QED) is 0.418. The third kappa shape index (κ3) is 5.53. The number of hydrogen-bond donors (Lipinski definition) is 0. The smallest absolute Gasteiger partial charge is 0.416 e. The van der Waals surface area contributed by atoms with E-state index in [1.807, 2.05) is 0 Å². The van der Waals surface area contributed by atoms with E-state index < -0.39 is 36.3 Å². The number of ether oxygens (including phenoxy) is 2. The molecule has 0 spiro atoms. The molecule has 3 rings (SSSR count). The molecule has 2 aromatic rings. The maximum Gasteiger partial charge on any atom is 0.416 e. The maximum absolute atomic E-state index is 13.7. The highest BCUT2D eigenvalue weighted by Crippen LogP contribution is 2.37. The number of halogens is 5. The van der Waals surface area contributed by atoms with E-state index in [0.29, 0.717) is 24.3 Å². The number of carbonyl (C=O) groups excluding carboxylic acids is 1. The molecule has 10 heteroatoms. The van der Waals surface area contributed by atoms with E-state index in [4.69, 9.17) is 4.74 Å². The molecule has 0 radical (unpaired) electrons. The number of alkyl halides is 5. The molecule has 0 aliphatic carbocycles. The topological polar surface area (TPSA) is 51.7 Å². The largest absolute Gasteiger partial charge is 0.465 e. The summed E-state index contributed by atoms with van der Waals surface area (Å²) in [7, 11) is 1.24. The zero-order valence-electron chi connectivity index (χ0n) is 17.5. The standard InChI is InChI=1S/C22H23F5N2O3/c1-3-21(23,24)32-13-18-10-16(14-4-7-17(8-5-14)22(25,26)27)12-29(18)19-9-6-15(11-28-19)20(30)31-2/h4-9,11,16,18H,3,10,12-13H2,1-2H3/t16?,18-/m0/s1. The predicted molar refractivity (Wildman–Crippen MR) is 107 cm³/mol. The molecule has 0 bridgehead atoms. The van der Waals surface area contributed by atoms with E-state index >= 15 is 0 Å². The Hall–Kier alpha value is -2.75. The van der Waals surface area contributed by atoms with Crippen molar-refractivity contribution in [2.75, 3.05) is 25.2 Å². The second-order valence-electron chi connectivity index (χ2n) is 7.56. The Morgan fingerprint density at radius 1 is 1.12 bits per heavy atom. The van der Waals surface area contributed by atoms with Crippen LogP contribution in [0, 0.1) is 0 Å². The number of carbonyl (C=O) groups is 1. The van der Waals surface area contributed by atoms with E-state index in [-0.39, 0.29) is 18.1 Å². The molecule has 0 N–H and O–H groups in total. The minimum atomic E-state index is -4.44. The maximum atomic E-state index is 13.7. The van der Waals surface area contributed by atoms with Gasteiger partial charge in [0.25, 0.3) is 0 Å². The Morgan fingerprint density at radius 2 is 1.81 bits per heavy atom. The fourth-order valence-corrected chi connectivity index (χ4v) is 3.66. The summed E-state index contributed by atoms with van der Waals surface area (Å²) in [5, 5.41) is 0. The van der Waals surface area contributed by atoms with Gasteiger partial charge in [0, 0.05) is 25.1 Å². The highest BCUT2D eigenvalue weighted by Gasteiger charge is 2.37. The Kier molecular flexibility index (Phi) is 7.02. The Bertz CT molecular complexity index is 917. The summed E-state index contributed by atoms with van der Waals surface area (Å²) in [4.78, 5) is 17.7. The van der Waals surface area contributed by atoms with Gasteiger partial charge in [0.2, 0.25) is 0 Å². The first-order chi connectivity index (χ1) is 15.0. The Morgan fingerprint density at radius 3 is 2.34 bits per heavy atom. The van der Waals surface area contributed by atoms with Crippen molar-refractivity contribution in [1.29, 1.82) is 0 Å². The lowest BCUT2D eigenvalue weighted by atomic mass is 9.95. The first kappa shape index (κ1) is 23.9. The number of anilines is 1. The molecule has 1 fully saturated rings. The molecule has 1 aliphatic heterocycles. The third-order valence-electron chi connectivity index (χ3n) is 5.49. The van der Waals surface area contributed by atoms with Crippen LogP contribution in [0.4, 0.5) is 27.8 Å². The van der Waals surface area contributed by atoms with Gasteiger partial charge in [-0.25, -0.2) is 9.78 Å². The van der Waals surface area contributed by atoms with Crippen molar-refractivity contribution in [1.82, 2.24) is 4.98 Å². The van der Waals surface area contributed by atoms with Gasteiger partial charge in [-0.3, -0.25) is 0 Å². The SMILES string of the molecule is CCC(F)(F)OC[C@@H]1CC(c2ccc(C(F)(F)F)cc2)CN1c1ccc(C(=O)OC)cn1. The van der Waals surface area contributed by atoms with Crippen molar-refractivity contribution < 1.29 is 36.2 Å². The van der Waals surface area contributed by atoms with E-state index in [9.17, 15) is 26.7 Å². The van der Waals surface area contributed by atoms with Gasteiger partial charge in [-0.15, -0.1) is 0 Å². The number of pyridine rings is 1. The summed E-state index contributed by atoms with van der Waals surface area (Å²) >= 11 is 0. The van der Waals surface area contributed by atoms with Crippen molar-refractivity contribution in [3.63, 3.8) is 0 Å².